The number of para-hydroxylation sites is 1. The quantitative estimate of drug-likeness (QED) is 0.898. The average Bonchev–Trinajstić information content (AvgIpc) is 2.32. The van der Waals surface area contributed by atoms with Crippen molar-refractivity contribution in [3.63, 3.8) is 0 Å². The van der Waals surface area contributed by atoms with Crippen LogP contribution in [0.4, 0.5) is 10.1 Å². The zero-order chi connectivity index (χ0) is 13.1. The van der Waals surface area contributed by atoms with Crippen LogP contribution in [0.25, 0.3) is 0 Å². The molecule has 0 aliphatic heterocycles. The van der Waals surface area contributed by atoms with Crippen LogP contribution in [0.2, 0.25) is 0 Å². The van der Waals surface area contributed by atoms with Crippen molar-refractivity contribution in [1.82, 2.24) is 0 Å². The van der Waals surface area contributed by atoms with Gasteiger partial charge in [-0.15, -0.1) is 0 Å². The van der Waals surface area contributed by atoms with E-state index in [9.17, 15) is 9.18 Å². The highest BCUT2D eigenvalue weighted by molar-refractivity contribution is 9.10. The Morgan fingerprint density at radius 3 is 2.53 bits per heavy atom. The highest BCUT2D eigenvalue weighted by atomic mass is 79.9. The molecule has 0 aromatic heterocycles. The van der Waals surface area contributed by atoms with Crippen LogP contribution in [-0.4, -0.2) is 11.4 Å². The molecule has 0 saturated carbocycles. The molecule has 0 bridgehead atoms. The summed E-state index contributed by atoms with van der Waals surface area (Å²) in [5.74, 6) is -0.851. The summed E-state index contributed by atoms with van der Waals surface area (Å²) in [5.41, 5.74) is 5.12. The number of rotatable bonds is 4. The Morgan fingerprint density at radius 1 is 1.47 bits per heavy atom. The second-order valence-electron chi connectivity index (χ2n) is 3.91. The van der Waals surface area contributed by atoms with E-state index in [4.69, 9.17) is 5.73 Å². The molecule has 3 nitrogen and oxygen atoms in total. The Morgan fingerprint density at radius 2 is 2.06 bits per heavy atom. The Bertz CT molecular complexity index is 399. The first kappa shape index (κ1) is 14.1. The fourth-order valence-electron chi connectivity index (χ4n) is 1.43. The topological polar surface area (TPSA) is 55.1 Å². The highest BCUT2D eigenvalue weighted by Gasteiger charge is 2.30. The normalized spacial score (nSPS) is 11.4. The SMILES string of the molecule is CCC(N)(CC)C(=O)Nc1c(F)cccc1Br. The first-order chi connectivity index (χ1) is 7.94. The lowest BCUT2D eigenvalue weighted by Crippen LogP contribution is -2.50. The van der Waals surface area contributed by atoms with Gasteiger partial charge in [0, 0.05) is 4.47 Å². The molecule has 1 amide bonds. The summed E-state index contributed by atoms with van der Waals surface area (Å²) in [7, 11) is 0. The predicted molar refractivity (Wildman–Crippen MR) is 70.2 cm³/mol. The van der Waals surface area contributed by atoms with Crippen molar-refractivity contribution in [2.45, 2.75) is 32.2 Å². The maximum Gasteiger partial charge on any atom is 0.244 e. The number of hydrogen-bond acceptors (Lipinski definition) is 2. The summed E-state index contributed by atoms with van der Waals surface area (Å²) in [6.07, 6.45) is 1.00. The predicted octanol–water partition coefficient (Wildman–Crippen LogP) is 3.04. The Labute approximate surface area is 109 Å². The van der Waals surface area contributed by atoms with Crippen molar-refractivity contribution >= 4 is 27.5 Å². The van der Waals surface area contributed by atoms with Gasteiger partial charge < -0.3 is 11.1 Å². The summed E-state index contributed by atoms with van der Waals surface area (Å²) in [6.45, 7) is 3.67. The molecule has 0 aliphatic carbocycles. The lowest BCUT2D eigenvalue weighted by molar-refractivity contribution is -0.121. The third-order valence-electron chi connectivity index (χ3n) is 2.92. The van der Waals surface area contributed by atoms with Gasteiger partial charge in [0.05, 0.1) is 11.2 Å². The average molecular weight is 303 g/mol. The van der Waals surface area contributed by atoms with Gasteiger partial charge in [-0.1, -0.05) is 19.9 Å². The van der Waals surface area contributed by atoms with Gasteiger partial charge in [0.25, 0.3) is 0 Å². The van der Waals surface area contributed by atoms with E-state index in [-0.39, 0.29) is 11.6 Å². The lowest BCUT2D eigenvalue weighted by atomic mass is 9.93. The summed E-state index contributed by atoms with van der Waals surface area (Å²) < 4.78 is 14.0. The number of carbonyl (C=O) groups excluding carboxylic acids is 1. The number of halogens is 2. The van der Waals surface area contributed by atoms with Crippen LogP contribution >= 0.6 is 15.9 Å². The lowest BCUT2D eigenvalue weighted by Gasteiger charge is -2.25. The molecule has 1 aromatic carbocycles. The fourth-order valence-corrected chi connectivity index (χ4v) is 1.87. The summed E-state index contributed by atoms with van der Waals surface area (Å²) >= 11 is 3.19. The first-order valence-electron chi connectivity index (χ1n) is 5.49. The maximum absolute atomic E-state index is 13.5. The van der Waals surface area contributed by atoms with Gasteiger partial charge in [0.2, 0.25) is 5.91 Å². The zero-order valence-corrected chi connectivity index (χ0v) is 11.5. The number of nitrogens with two attached hydrogens (primary N) is 1. The molecule has 1 aromatic rings. The van der Waals surface area contributed by atoms with Crippen LogP contribution < -0.4 is 11.1 Å². The molecule has 0 fully saturated rings. The van der Waals surface area contributed by atoms with Crippen molar-refractivity contribution < 1.29 is 9.18 Å². The van der Waals surface area contributed by atoms with E-state index in [0.29, 0.717) is 17.3 Å². The smallest absolute Gasteiger partial charge is 0.244 e. The largest absolute Gasteiger partial charge is 0.321 e. The van der Waals surface area contributed by atoms with E-state index in [1.165, 1.54) is 6.07 Å². The minimum Gasteiger partial charge on any atom is -0.321 e. The molecule has 1 rings (SSSR count). The Hall–Kier alpha value is -0.940. The molecule has 0 saturated heterocycles. The van der Waals surface area contributed by atoms with Crippen molar-refractivity contribution in [3.05, 3.63) is 28.5 Å². The summed E-state index contributed by atoms with van der Waals surface area (Å²) in [6, 6.07) is 4.51. The van der Waals surface area contributed by atoms with Crippen LogP contribution in [-0.2, 0) is 4.79 Å². The van der Waals surface area contributed by atoms with E-state index < -0.39 is 11.4 Å². The second kappa shape index (κ2) is 5.60. The van der Waals surface area contributed by atoms with Crippen molar-refractivity contribution in [1.29, 1.82) is 0 Å². The van der Waals surface area contributed by atoms with Crippen LogP contribution in [0.15, 0.2) is 22.7 Å². The molecule has 5 heteroatoms. The highest BCUT2D eigenvalue weighted by Crippen LogP contribution is 2.26. The first-order valence-corrected chi connectivity index (χ1v) is 6.28. The number of carbonyl (C=O) groups is 1. The number of benzene rings is 1. The number of anilines is 1. The van der Waals surface area contributed by atoms with Crippen LogP contribution in [0.1, 0.15) is 26.7 Å². The van der Waals surface area contributed by atoms with Crippen LogP contribution in [0, 0.1) is 5.82 Å². The van der Waals surface area contributed by atoms with Gasteiger partial charge in [-0.3, -0.25) is 4.79 Å². The van der Waals surface area contributed by atoms with E-state index in [1.807, 2.05) is 13.8 Å². The third-order valence-corrected chi connectivity index (χ3v) is 3.58. The van der Waals surface area contributed by atoms with Crippen molar-refractivity contribution in [2.75, 3.05) is 5.32 Å². The van der Waals surface area contributed by atoms with Crippen LogP contribution in [0.3, 0.4) is 0 Å². The number of hydrogen-bond donors (Lipinski definition) is 2. The van der Waals surface area contributed by atoms with Gasteiger partial charge in [-0.2, -0.15) is 0 Å². The number of amides is 1. The van der Waals surface area contributed by atoms with Gasteiger partial charge in [-0.25, -0.2) is 4.39 Å². The summed E-state index contributed by atoms with van der Waals surface area (Å²) in [5, 5.41) is 2.54. The van der Waals surface area contributed by atoms with Gasteiger partial charge >= 0.3 is 0 Å². The minimum absolute atomic E-state index is 0.134. The molecule has 0 heterocycles. The Balaban J connectivity index is 2.96. The molecule has 0 unspecified atom stereocenters. The zero-order valence-electron chi connectivity index (χ0n) is 9.89. The maximum atomic E-state index is 13.5. The number of nitrogens with one attached hydrogen (secondary N) is 1. The van der Waals surface area contributed by atoms with Crippen molar-refractivity contribution in [3.8, 4) is 0 Å². The summed E-state index contributed by atoms with van der Waals surface area (Å²) in [4.78, 5) is 12.0. The molecule has 3 N–H and O–H groups in total. The standard InChI is InChI=1S/C12H16BrFN2O/c1-3-12(15,4-2)11(17)16-10-8(13)6-5-7-9(10)14/h5-7H,3-4,15H2,1-2H3,(H,16,17). The van der Waals surface area contributed by atoms with Crippen LogP contribution in [0.5, 0.6) is 0 Å². The molecule has 0 atom stereocenters. The molecule has 94 valence electrons. The molecule has 0 aliphatic rings. The molecule has 0 radical (unpaired) electrons. The van der Waals surface area contributed by atoms with E-state index in [2.05, 4.69) is 21.2 Å². The van der Waals surface area contributed by atoms with E-state index >= 15 is 0 Å². The van der Waals surface area contributed by atoms with Gasteiger partial charge in [-0.05, 0) is 40.9 Å². The fraction of sp³-hybridized carbons (Fsp3) is 0.417. The third kappa shape index (κ3) is 3.04. The van der Waals surface area contributed by atoms with Gasteiger partial charge in [0.15, 0.2) is 0 Å². The van der Waals surface area contributed by atoms with Crippen molar-refractivity contribution in [2.24, 2.45) is 5.73 Å². The molecular formula is C12H16BrFN2O. The monoisotopic (exact) mass is 302 g/mol. The Kier molecular flexibility index (Phi) is 4.65. The second-order valence-corrected chi connectivity index (χ2v) is 4.77. The van der Waals surface area contributed by atoms with E-state index in [1.54, 1.807) is 12.1 Å². The van der Waals surface area contributed by atoms with E-state index in [0.717, 1.165) is 0 Å². The minimum atomic E-state index is -0.957. The molecule has 0 spiro atoms. The van der Waals surface area contributed by atoms with Gasteiger partial charge in [0.1, 0.15) is 5.82 Å². The molecular weight excluding hydrogens is 287 g/mol. The molecule has 17 heavy (non-hydrogen) atoms.